The van der Waals surface area contributed by atoms with Gasteiger partial charge in [0.05, 0.1) is 19.6 Å². The zero-order valence-corrected chi connectivity index (χ0v) is 10.1. The van der Waals surface area contributed by atoms with E-state index >= 15 is 0 Å². The highest BCUT2D eigenvalue weighted by atomic mass is 16.5. The molecular weight excluding hydrogens is 224 g/mol. The zero-order chi connectivity index (χ0) is 12.7. The molecular formula is C11H20N2O4. The van der Waals surface area contributed by atoms with Crippen LogP contribution in [-0.2, 0) is 14.3 Å². The number of nitrogens with zero attached hydrogens (tertiary/aromatic N) is 1. The third-order valence-corrected chi connectivity index (χ3v) is 2.70. The minimum Gasteiger partial charge on any atom is -0.481 e. The molecule has 0 aromatic heterocycles. The maximum atomic E-state index is 11.8. The van der Waals surface area contributed by atoms with Crippen LogP contribution in [0.15, 0.2) is 0 Å². The van der Waals surface area contributed by atoms with E-state index < -0.39 is 5.97 Å². The van der Waals surface area contributed by atoms with Crippen LogP contribution in [0.4, 0.5) is 0 Å². The van der Waals surface area contributed by atoms with Crippen molar-refractivity contribution in [1.82, 2.24) is 10.2 Å². The summed E-state index contributed by atoms with van der Waals surface area (Å²) in [5.41, 5.74) is 0. The van der Waals surface area contributed by atoms with Crippen molar-refractivity contribution >= 4 is 11.9 Å². The molecule has 0 radical (unpaired) electrons. The van der Waals surface area contributed by atoms with Crippen LogP contribution in [-0.4, -0.2) is 60.8 Å². The van der Waals surface area contributed by atoms with Gasteiger partial charge in [-0.1, -0.05) is 6.92 Å². The molecule has 1 atom stereocenters. The van der Waals surface area contributed by atoms with Gasteiger partial charge in [0.25, 0.3) is 0 Å². The van der Waals surface area contributed by atoms with Crippen LogP contribution in [0.25, 0.3) is 0 Å². The zero-order valence-electron chi connectivity index (χ0n) is 10.1. The molecule has 1 aliphatic heterocycles. The van der Waals surface area contributed by atoms with Crippen molar-refractivity contribution in [2.24, 2.45) is 0 Å². The highest BCUT2D eigenvalue weighted by Crippen LogP contribution is 2.08. The number of ether oxygens (including phenoxy) is 1. The summed E-state index contributed by atoms with van der Waals surface area (Å²) in [5.74, 6) is -0.916. The quantitative estimate of drug-likeness (QED) is 0.670. The maximum absolute atomic E-state index is 11.8. The van der Waals surface area contributed by atoms with Crippen LogP contribution >= 0.6 is 0 Å². The molecule has 1 amide bonds. The predicted octanol–water partition coefficient (Wildman–Crippen LogP) is -0.312. The molecule has 1 heterocycles. The average molecular weight is 244 g/mol. The van der Waals surface area contributed by atoms with E-state index in [9.17, 15) is 9.59 Å². The molecule has 0 saturated carbocycles. The fourth-order valence-electron chi connectivity index (χ4n) is 1.75. The number of carbonyl (C=O) groups excluding carboxylic acids is 1. The first-order valence-corrected chi connectivity index (χ1v) is 5.96. The summed E-state index contributed by atoms with van der Waals surface area (Å²) in [6.45, 7) is 4.52. The van der Waals surface area contributed by atoms with E-state index in [1.165, 1.54) is 0 Å². The Morgan fingerprint density at radius 3 is 2.94 bits per heavy atom. The van der Waals surface area contributed by atoms with Crippen LogP contribution in [0.2, 0.25) is 0 Å². The lowest BCUT2D eigenvalue weighted by molar-refractivity contribution is -0.140. The van der Waals surface area contributed by atoms with E-state index in [1.54, 1.807) is 0 Å². The van der Waals surface area contributed by atoms with E-state index in [4.69, 9.17) is 9.84 Å². The molecule has 98 valence electrons. The summed E-state index contributed by atoms with van der Waals surface area (Å²) in [7, 11) is 0. The second-order valence-electron chi connectivity index (χ2n) is 4.06. The highest BCUT2D eigenvalue weighted by Gasteiger charge is 2.29. The number of nitrogens with one attached hydrogen (secondary N) is 1. The maximum Gasteiger partial charge on any atom is 0.304 e. The molecule has 17 heavy (non-hydrogen) atoms. The van der Waals surface area contributed by atoms with E-state index in [1.807, 2.05) is 11.8 Å². The van der Waals surface area contributed by atoms with Gasteiger partial charge in [-0.25, -0.2) is 0 Å². The Hall–Kier alpha value is -1.14. The Morgan fingerprint density at radius 1 is 1.53 bits per heavy atom. The number of morpholine rings is 1. The second kappa shape index (κ2) is 7.24. The standard InChI is InChI=1S/C11H20N2O4/c1-2-4-12-11(16)9-8-17-7-6-13(9)5-3-10(14)15/h9H,2-8H2,1H3,(H,12,16)(H,14,15). The van der Waals surface area contributed by atoms with Gasteiger partial charge in [-0.05, 0) is 6.42 Å². The van der Waals surface area contributed by atoms with Crippen molar-refractivity contribution < 1.29 is 19.4 Å². The van der Waals surface area contributed by atoms with Crippen LogP contribution in [0.1, 0.15) is 19.8 Å². The number of hydrogen-bond acceptors (Lipinski definition) is 4. The van der Waals surface area contributed by atoms with Crippen molar-refractivity contribution in [1.29, 1.82) is 0 Å². The molecule has 1 saturated heterocycles. The minimum absolute atomic E-state index is 0.0531. The fourth-order valence-corrected chi connectivity index (χ4v) is 1.75. The van der Waals surface area contributed by atoms with Gasteiger partial charge in [0.1, 0.15) is 6.04 Å². The van der Waals surface area contributed by atoms with Gasteiger partial charge in [-0.3, -0.25) is 14.5 Å². The Balaban J connectivity index is 2.46. The lowest BCUT2D eigenvalue weighted by atomic mass is 10.2. The third kappa shape index (κ3) is 4.70. The number of aliphatic carboxylic acids is 1. The molecule has 6 heteroatoms. The largest absolute Gasteiger partial charge is 0.481 e. The Morgan fingerprint density at radius 2 is 2.29 bits per heavy atom. The SMILES string of the molecule is CCCNC(=O)C1COCCN1CCC(=O)O. The highest BCUT2D eigenvalue weighted by molar-refractivity contribution is 5.82. The molecule has 0 bridgehead atoms. The van der Waals surface area contributed by atoms with Crippen LogP contribution < -0.4 is 5.32 Å². The molecule has 0 aromatic carbocycles. The summed E-state index contributed by atoms with van der Waals surface area (Å²) in [6, 6.07) is -0.352. The molecule has 6 nitrogen and oxygen atoms in total. The number of hydrogen-bond donors (Lipinski definition) is 2. The van der Waals surface area contributed by atoms with Crippen molar-refractivity contribution in [2.75, 3.05) is 32.8 Å². The van der Waals surface area contributed by atoms with E-state index in [-0.39, 0.29) is 18.4 Å². The monoisotopic (exact) mass is 244 g/mol. The van der Waals surface area contributed by atoms with Crippen LogP contribution in [0.3, 0.4) is 0 Å². The van der Waals surface area contributed by atoms with Gasteiger partial charge in [-0.2, -0.15) is 0 Å². The molecule has 1 rings (SSSR count). The molecule has 1 fully saturated rings. The number of carboxylic acids is 1. The smallest absolute Gasteiger partial charge is 0.304 e. The second-order valence-corrected chi connectivity index (χ2v) is 4.06. The molecule has 0 spiro atoms. The summed E-state index contributed by atoms with van der Waals surface area (Å²) in [5, 5.41) is 11.5. The van der Waals surface area contributed by atoms with Gasteiger partial charge >= 0.3 is 5.97 Å². The first kappa shape index (κ1) is 13.9. The third-order valence-electron chi connectivity index (χ3n) is 2.70. The fraction of sp³-hybridized carbons (Fsp3) is 0.818. The van der Waals surface area contributed by atoms with E-state index in [0.29, 0.717) is 32.8 Å². The van der Waals surface area contributed by atoms with Gasteiger partial charge in [-0.15, -0.1) is 0 Å². The lowest BCUT2D eigenvalue weighted by Crippen LogP contribution is -2.54. The van der Waals surface area contributed by atoms with E-state index in [0.717, 1.165) is 6.42 Å². The van der Waals surface area contributed by atoms with E-state index in [2.05, 4.69) is 5.32 Å². The summed E-state index contributed by atoms with van der Waals surface area (Å²) >= 11 is 0. The Bertz CT molecular complexity index is 270. The van der Waals surface area contributed by atoms with Crippen molar-refractivity contribution in [3.8, 4) is 0 Å². The summed E-state index contributed by atoms with van der Waals surface area (Å²) < 4.78 is 5.27. The molecule has 0 aliphatic carbocycles. The van der Waals surface area contributed by atoms with Crippen molar-refractivity contribution in [3.63, 3.8) is 0 Å². The molecule has 0 aromatic rings. The average Bonchev–Trinajstić information content (AvgIpc) is 2.33. The first-order chi connectivity index (χ1) is 8.15. The Labute approximate surface area is 101 Å². The predicted molar refractivity (Wildman–Crippen MR) is 61.7 cm³/mol. The van der Waals surface area contributed by atoms with Gasteiger partial charge < -0.3 is 15.2 Å². The first-order valence-electron chi connectivity index (χ1n) is 5.96. The molecule has 2 N–H and O–H groups in total. The van der Waals surface area contributed by atoms with Crippen molar-refractivity contribution in [3.05, 3.63) is 0 Å². The summed E-state index contributed by atoms with van der Waals surface area (Å²) in [6.07, 6.45) is 0.937. The number of carbonyl (C=O) groups is 2. The van der Waals surface area contributed by atoms with Gasteiger partial charge in [0.15, 0.2) is 0 Å². The number of rotatable bonds is 6. The molecule has 1 aliphatic rings. The van der Waals surface area contributed by atoms with Crippen molar-refractivity contribution in [2.45, 2.75) is 25.8 Å². The van der Waals surface area contributed by atoms with Crippen LogP contribution in [0.5, 0.6) is 0 Å². The van der Waals surface area contributed by atoms with Gasteiger partial charge in [0, 0.05) is 19.6 Å². The summed E-state index contributed by atoms with van der Waals surface area (Å²) in [4.78, 5) is 24.2. The van der Waals surface area contributed by atoms with Gasteiger partial charge in [0.2, 0.25) is 5.91 Å². The molecule has 1 unspecified atom stereocenters. The Kier molecular flexibility index (Phi) is 5.93. The normalized spacial score (nSPS) is 21.1. The number of carboxylic acid groups (broad SMARTS) is 1. The topological polar surface area (TPSA) is 78.9 Å². The van der Waals surface area contributed by atoms with Crippen LogP contribution in [0, 0.1) is 0 Å². The lowest BCUT2D eigenvalue weighted by Gasteiger charge is -2.34. The minimum atomic E-state index is -0.843. The number of amides is 1.